The van der Waals surface area contributed by atoms with Crippen LogP contribution in [0, 0.1) is 0 Å². The molecule has 0 fully saturated rings. The Hall–Kier alpha value is -4.21. The van der Waals surface area contributed by atoms with E-state index in [-0.39, 0.29) is 24.7 Å². The maximum absolute atomic E-state index is 12.8. The summed E-state index contributed by atoms with van der Waals surface area (Å²) in [5.74, 6) is 0.0905. The summed E-state index contributed by atoms with van der Waals surface area (Å²) >= 11 is 0. The number of halogens is 2. The number of hydrogen-bond donors (Lipinski definition) is 2. The molecule has 0 atom stereocenters. The second kappa shape index (κ2) is 9.94. The Balaban J connectivity index is 1.41. The molecule has 2 N–H and O–H groups in total. The van der Waals surface area contributed by atoms with E-state index in [1.165, 1.54) is 6.07 Å². The average Bonchev–Trinajstić information content (AvgIpc) is 3.24. The van der Waals surface area contributed by atoms with E-state index in [0.29, 0.717) is 11.3 Å². The summed E-state index contributed by atoms with van der Waals surface area (Å²) in [6.07, 6.45) is 0. The zero-order chi connectivity index (χ0) is 23.2. The van der Waals surface area contributed by atoms with E-state index >= 15 is 0 Å². The van der Waals surface area contributed by atoms with Crippen LogP contribution in [0.1, 0.15) is 12.5 Å². The number of carbonyl (C=O) groups excluding carboxylic acids is 1. The van der Waals surface area contributed by atoms with Gasteiger partial charge in [0, 0.05) is 17.8 Å². The lowest BCUT2D eigenvalue weighted by Crippen LogP contribution is -2.28. The molecule has 33 heavy (non-hydrogen) atoms. The van der Waals surface area contributed by atoms with Gasteiger partial charge in [-0.25, -0.2) is 9.48 Å². The van der Waals surface area contributed by atoms with Gasteiger partial charge in [-0.1, -0.05) is 29.5 Å². The van der Waals surface area contributed by atoms with E-state index in [4.69, 9.17) is 4.74 Å². The Labute approximate surface area is 188 Å². The molecule has 0 aliphatic heterocycles. The minimum Gasteiger partial charge on any atom is -0.490 e. The van der Waals surface area contributed by atoms with Crippen LogP contribution in [0.3, 0.4) is 0 Å². The van der Waals surface area contributed by atoms with Crippen molar-refractivity contribution in [2.75, 3.05) is 11.9 Å². The molecule has 4 aromatic rings. The van der Waals surface area contributed by atoms with Gasteiger partial charge in [0.2, 0.25) is 0 Å². The summed E-state index contributed by atoms with van der Waals surface area (Å²) < 4.78 is 37.4. The van der Waals surface area contributed by atoms with Gasteiger partial charge in [-0.15, -0.1) is 5.10 Å². The van der Waals surface area contributed by atoms with Crippen LogP contribution in [-0.4, -0.2) is 34.2 Å². The summed E-state index contributed by atoms with van der Waals surface area (Å²) in [6.45, 7) is -1.02. The van der Waals surface area contributed by atoms with E-state index in [9.17, 15) is 13.6 Å². The van der Waals surface area contributed by atoms with Gasteiger partial charge in [0.1, 0.15) is 5.52 Å². The van der Waals surface area contributed by atoms with Gasteiger partial charge in [0.05, 0.1) is 17.8 Å². The topological polar surface area (TPSA) is 90.3 Å². The number of nitrogens with one attached hydrogen (secondary N) is 2. The summed E-state index contributed by atoms with van der Waals surface area (Å²) in [7, 11) is 0. The van der Waals surface area contributed by atoms with Gasteiger partial charge in [0.15, 0.2) is 11.5 Å². The predicted octanol–water partition coefficient (Wildman–Crippen LogP) is 4.74. The van der Waals surface area contributed by atoms with Gasteiger partial charge in [-0.05, 0) is 49.4 Å². The molecule has 10 heteroatoms. The molecular formula is C23H21F2N5O3. The molecule has 3 aromatic carbocycles. The third-order valence-electron chi connectivity index (χ3n) is 4.73. The molecular weight excluding hydrogens is 432 g/mol. The van der Waals surface area contributed by atoms with Gasteiger partial charge < -0.3 is 20.1 Å². The lowest BCUT2D eigenvalue weighted by atomic mass is 10.2. The van der Waals surface area contributed by atoms with Crippen molar-refractivity contribution in [2.24, 2.45) is 0 Å². The van der Waals surface area contributed by atoms with Crippen molar-refractivity contribution >= 4 is 22.8 Å². The fraction of sp³-hybridized carbons (Fsp3) is 0.174. The largest absolute Gasteiger partial charge is 0.490 e. The van der Waals surface area contributed by atoms with E-state index in [2.05, 4.69) is 25.7 Å². The van der Waals surface area contributed by atoms with Crippen LogP contribution in [0.15, 0.2) is 66.7 Å². The third-order valence-corrected chi connectivity index (χ3v) is 4.73. The monoisotopic (exact) mass is 453 g/mol. The zero-order valence-electron chi connectivity index (χ0n) is 17.7. The van der Waals surface area contributed by atoms with Crippen LogP contribution in [-0.2, 0) is 6.54 Å². The number of carbonyl (C=O) groups is 1. The van der Waals surface area contributed by atoms with Crippen LogP contribution in [0.5, 0.6) is 11.5 Å². The van der Waals surface area contributed by atoms with Gasteiger partial charge in [-0.2, -0.15) is 8.78 Å². The first kappa shape index (κ1) is 22.0. The summed E-state index contributed by atoms with van der Waals surface area (Å²) in [5.41, 5.74) is 3.35. The molecule has 4 rings (SSSR count). The van der Waals surface area contributed by atoms with Crippen molar-refractivity contribution in [3.05, 3.63) is 72.3 Å². The minimum absolute atomic E-state index is 0.0299. The molecule has 2 amide bonds. The number of hydrogen-bond acceptors (Lipinski definition) is 5. The molecule has 0 saturated carbocycles. The molecule has 0 spiro atoms. The summed E-state index contributed by atoms with van der Waals surface area (Å²) in [5, 5.41) is 13.6. The lowest BCUT2D eigenvalue weighted by molar-refractivity contribution is -0.0520. The minimum atomic E-state index is -3.01. The lowest BCUT2D eigenvalue weighted by Gasteiger charge is -2.16. The maximum Gasteiger partial charge on any atom is 0.387 e. The Bertz CT molecular complexity index is 1240. The van der Waals surface area contributed by atoms with Crippen LogP contribution in [0.25, 0.3) is 16.7 Å². The Morgan fingerprint density at radius 3 is 2.61 bits per heavy atom. The summed E-state index contributed by atoms with van der Waals surface area (Å²) in [4.78, 5) is 12.3. The normalized spacial score (nSPS) is 10.9. The second-order valence-corrected chi connectivity index (χ2v) is 6.90. The molecule has 1 aromatic heterocycles. The average molecular weight is 453 g/mol. The number of urea groups is 1. The highest BCUT2D eigenvalue weighted by Crippen LogP contribution is 2.32. The van der Waals surface area contributed by atoms with E-state index in [1.807, 2.05) is 24.3 Å². The molecule has 0 aliphatic carbocycles. The Morgan fingerprint density at radius 1 is 1.06 bits per heavy atom. The van der Waals surface area contributed by atoms with E-state index < -0.39 is 12.6 Å². The molecule has 0 unspecified atom stereocenters. The van der Waals surface area contributed by atoms with Gasteiger partial charge in [0.25, 0.3) is 0 Å². The second-order valence-electron chi connectivity index (χ2n) is 6.90. The summed E-state index contributed by atoms with van der Waals surface area (Å²) in [6, 6.07) is 18.9. The Kier molecular flexibility index (Phi) is 6.63. The zero-order valence-corrected chi connectivity index (χ0v) is 17.7. The molecule has 0 saturated heterocycles. The van der Waals surface area contributed by atoms with Crippen molar-refractivity contribution in [3.8, 4) is 17.2 Å². The SMILES string of the molecule is CCOc1cccc(CNC(=O)Nc2ccc(-n3nnc4ccccc43)cc2)c1OC(F)F. The van der Waals surface area contributed by atoms with Crippen molar-refractivity contribution in [3.63, 3.8) is 0 Å². The van der Waals surface area contributed by atoms with Crippen LogP contribution >= 0.6 is 0 Å². The van der Waals surface area contributed by atoms with E-state index in [1.54, 1.807) is 48.0 Å². The van der Waals surface area contributed by atoms with Crippen molar-refractivity contribution in [2.45, 2.75) is 20.1 Å². The molecule has 0 radical (unpaired) electrons. The number of aromatic nitrogens is 3. The van der Waals surface area contributed by atoms with E-state index in [0.717, 1.165) is 16.7 Å². The van der Waals surface area contributed by atoms with Crippen molar-refractivity contribution < 1.29 is 23.0 Å². The first-order chi connectivity index (χ1) is 16.0. The van der Waals surface area contributed by atoms with Gasteiger partial charge in [-0.3, -0.25) is 0 Å². The Morgan fingerprint density at radius 2 is 1.85 bits per heavy atom. The highest BCUT2D eigenvalue weighted by molar-refractivity contribution is 5.89. The maximum atomic E-state index is 12.8. The van der Waals surface area contributed by atoms with Crippen LogP contribution in [0.4, 0.5) is 19.3 Å². The fourth-order valence-corrected chi connectivity index (χ4v) is 3.29. The number of nitrogens with zero attached hydrogens (tertiary/aromatic N) is 3. The molecule has 0 aliphatic rings. The van der Waals surface area contributed by atoms with Crippen LogP contribution < -0.4 is 20.1 Å². The number of fused-ring (bicyclic) bond motifs is 1. The highest BCUT2D eigenvalue weighted by atomic mass is 19.3. The molecule has 8 nitrogen and oxygen atoms in total. The number of anilines is 1. The van der Waals surface area contributed by atoms with Crippen LogP contribution in [0.2, 0.25) is 0 Å². The standard InChI is InChI=1S/C23H21F2N5O3/c1-2-32-20-9-5-6-15(21(20)33-22(24)25)14-26-23(31)27-16-10-12-17(13-11-16)30-19-8-4-3-7-18(19)28-29-30/h3-13,22H,2,14H2,1H3,(H2,26,27,31). The number of para-hydroxylation sites is 2. The number of rotatable bonds is 8. The number of amides is 2. The number of benzene rings is 3. The van der Waals surface area contributed by atoms with Crippen molar-refractivity contribution in [1.29, 1.82) is 0 Å². The number of ether oxygens (including phenoxy) is 2. The smallest absolute Gasteiger partial charge is 0.387 e. The fourth-order valence-electron chi connectivity index (χ4n) is 3.29. The highest BCUT2D eigenvalue weighted by Gasteiger charge is 2.16. The predicted molar refractivity (Wildman–Crippen MR) is 119 cm³/mol. The molecule has 0 bridgehead atoms. The molecule has 170 valence electrons. The van der Waals surface area contributed by atoms with Crippen molar-refractivity contribution in [1.82, 2.24) is 20.3 Å². The third kappa shape index (κ3) is 5.17. The first-order valence-corrected chi connectivity index (χ1v) is 10.2. The quantitative estimate of drug-likeness (QED) is 0.402. The first-order valence-electron chi connectivity index (χ1n) is 10.2. The molecule has 1 heterocycles. The van der Waals surface area contributed by atoms with Gasteiger partial charge >= 0.3 is 12.6 Å². The number of alkyl halides is 2.